The van der Waals surface area contributed by atoms with Crippen molar-refractivity contribution in [2.45, 2.75) is 6.42 Å². The van der Waals surface area contributed by atoms with Gasteiger partial charge in [0.25, 0.3) is 0 Å². The van der Waals surface area contributed by atoms with Crippen molar-refractivity contribution < 1.29 is 49.2 Å². The van der Waals surface area contributed by atoms with Crippen LogP contribution in [0.25, 0.3) is 33.1 Å². The minimum Gasteiger partial charge on any atom is -0.458 e. The zero-order valence-corrected chi connectivity index (χ0v) is 38.4. The van der Waals surface area contributed by atoms with E-state index in [4.69, 9.17) is 17.3 Å². The Kier molecular flexibility index (Phi) is 15.8. The molecule has 292 valence electrons. The summed E-state index contributed by atoms with van der Waals surface area (Å²) in [5.74, 6) is 6.03. The molecule has 0 bridgehead atoms. The van der Waals surface area contributed by atoms with Gasteiger partial charge in [-0.25, -0.2) is 0 Å². The largest absolute Gasteiger partial charge is 1.00 e. The molecule has 0 atom stereocenters. The van der Waals surface area contributed by atoms with Crippen LogP contribution >= 0.6 is 15.8 Å². The average molecular weight is 1160 g/mol. The number of hydrogen-bond donors (Lipinski definition) is 0. The molecule has 1 heterocycles. The van der Waals surface area contributed by atoms with Crippen molar-refractivity contribution in [1.29, 1.82) is 0 Å². The number of benzene rings is 8. The fraction of sp³-hybridized carbons (Fsp3) is 0.0370. The van der Waals surface area contributed by atoms with E-state index >= 15 is 0 Å². The molecule has 1 aliphatic rings. The normalized spacial score (nSPS) is 10.7. The summed E-state index contributed by atoms with van der Waals surface area (Å²) < 4.78 is 5.67. The molecule has 1 nitrogen and oxygen atoms in total. The first kappa shape index (κ1) is 43.6. The Labute approximate surface area is 381 Å². The monoisotopic (exact) mass is 1160 g/mol. The molecule has 10 rings (SSSR count). The van der Waals surface area contributed by atoms with Gasteiger partial charge in [-0.05, 0) is 77.7 Å². The Balaban J connectivity index is 0.000000156. The summed E-state index contributed by atoms with van der Waals surface area (Å²) in [5.41, 5.74) is 8.64. The molecule has 0 amide bonds. The first-order chi connectivity index (χ1) is 28.2. The second-order valence-electron chi connectivity index (χ2n) is 13.9. The summed E-state index contributed by atoms with van der Waals surface area (Å²) in [7, 11) is -1.69. The van der Waals surface area contributed by atoms with Crippen LogP contribution in [0.3, 0.4) is 0 Å². The fourth-order valence-electron chi connectivity index (χ4n) is 7.50. The molecule has 5 heteroatoms. The molecule has 0 N–H and O–H groups in total. The van der Waals surface area contributed by atoms with Crippen LogP contribution in [0.2, 0.25) is 0 Å². The third-order valence-corrected chi connectivity index (χ3v) is 17.3. The van der Waals surface area contributed by atoms with Crippen LogP contribution in [0.4, 0.5) is 0 Å². The quantitative estimate of drug-likeness (QED) is 0.0700. The third-order valence-electron chi connectivity index (χ3n) is 10.3. The molecule has 1 aliphatic carbocycles. The van der Waals surface area contributed by atoms with Crippen molar-refractivity contribution in [3.05, 3.63) is 241 Å². The first-order valence-corrected chi connectivity index (χ1v) is 22.5. The molecule has 0 unspecified atom stereocenters. The molecule has 9 aromatic rings. The zero-order valence-electron chi connectivity index (χ0n) is 32.1. The third kappa shape index (κ3) is 10.4. The van der Waals surface area contributed by atoms with Crippen LogP contribution in [0.5, 0.6) is 0 Å². The van der Waals surface area contributed by atoms with Gasteiger partial charge in [-0.1, -0.05) is 139 Å². The molecule has 0 aliphatic heterocycles. The van der Waals surface area contributed by atoms with Gasteiger partial charge in [0.2, 0.25) is 0 Å². The number of furan rings is 1. The van der Waals surface area contributed by atoms with E-state index in [0.717, 1.165) is 39.5 Å². The number of rotatable bonds is 6. The fourth-order valence-corrected chi connectivity index (χ4v) is 15.2. The average Bonchev–Trinajstić information content (AvgIpc) is 3.86. The van der Waals surface area contributed by atoms with Gasteiger partial charge in [-0.3, -0.25) is 11.8 Å². The predicted octanol–water partition coefficient (Wildman–Crippen LogP) is 11.4. The van der Waals surface area contributed by atoms with Gasteiger partial charge in [-0.2, -0.15) is 0 Å². The predicted molar refractivity (Wildman–Crippen MR) is 247 cm³/mol. The summed E-state index contributed by atoms with van der Waals surface area (Å²) in [4.78, 5) is 0. The second kappa shape index (κ2) is 21.3. The summed E-state index contributed by atoms with van der Waals surface area (Å²) in [6.07, 6.45) is 15.2. The zero-order chi connectivity index (χ0) is 38.8. The molecular formula is C54H40Au2OP2+2. The summed E-state index contributed by atoms with van der Waals surface area (Å²) in [6, 6.07) is 72.7. The van der Waals surface area contributed by atoms with Crippen molar-refractivity contribution in [3.63, 3.8) is 0 Å². The van der Waals surface area contributed by atoms with E-state index in [-0.39, 0.29) is 44.8 Å². The van der Waals surface area contributed by atoms with Gasteiger partial charge in [0.05, 0.1) is 0 Å². The van der Waals surface area contributed by atoms with Crippen molar-refractivity contribution in [1.82, 2.24) is 0 Å². The Hall–Kier alpha value is -4.98. The maximum absolute atomic E-state index is 7.12. The van der Waals surface area contributed by atoms with Crippen LogP contribution in [0, 0.1) is 24.7 Å². The van der Waals surface area contributed by atoms with Crippen molar-refractivity contribution >= 4 is 59.0 Å². The maximum atomic E-state index is 7.12. The molecule has 0 spiro atoms. The Morgan fingerprint density at radius 2 is 0.831 bits per heavy atom. The van der Waals surface area contributed by atoms with E-state index in [2.05, 4.69) is 170 Å². The number of para-hydroxylation sites is 1. The molecule has 0 radical (unpaired) electrons. The van der Waals surface area contributed by atoms with Crippen molar-refractivity contribution in [2.75, 3.05) is 5.90 Å². The summed E-state index contributed by atoms with van der Waals surface area (Å²) in [6.45, 7) is 0. The molecule has 0 saturated carbocycles. The molecular weight excluding hydrogens is 1120 g/mol. The van der Waals surface area contributed by atoms with Gasteiger partial charge < -0.3 is 17.3 Å². The minimum atomic E-state index is -0.847. The summed E-state index contributed by atoms with van der Waals surface area (Å²) >= 11 is 0. The van der Waals surface area contributed by atoms with Gasteiger partial charge >= 0.3 is 44.8 Å². The Morgan fingerprint density at radius 3 is 1.37 bits per heavy atom. The van der Waals surface area contributed by atoms with Gasteiger partial charge in [-0.15, -0.1) is 29.3 Å². The van der Waals surface area contributed by atoms with Crippen molar-refractivity contribution in [2.24, 2.45) is 0 Å². The van der Waals surface area contributed by atoms with Crippen LogP contribution < -0.4 is 21.2 Å². The van der Waals surface area contributed by atoms with Crippen LogP contribution in [-0.4, -0.2) is 5.90 Å². The minimum absolute atomic E-state index is 0. The smallest absolute Gasteiger partial charge is 0.458 e. The van der Waals surface area contributed by atoms with Gasteiger partial charge in [0.15, 0.2) is 5.90 Å². The van der Waals surface area contributed by atoms with Gasteiger partial charge in [0, 0.05) is 10.8 Å². The molecule has 0 saturated heterocycles. The molecule has 0 fully saturated rings. The summed E-state index contributed by atoms with van der Waals surface area (Å²) in [5, 5.41) is 8.21. The number of hydrogen-bond acceptors (Lipinski definition) is 1. The van der Waals surface area contributed by atoms with E-state index in [1.54, 1.807) is 0 Å². The maximum Gasteiger partial charge on any atom is 1.00 e. The standard InChI is InChI=1S/C25H22P2.C15H9.C14H7O.2Au/c1-5-13-22(14-6-1)26(23-15-7-2-8-16-23)21-27(24-17-9-3-10-18-24)25-19-11-4-12-20-25;1-2-11-7-8-15-13(9-11)10-12-5-3-4-6-14(12)15;1-2-10-7-8-12-11-5-3-4-6-13(11)15-14(12)9-10;;/h1-20H,21H2;3-9H,10H2;3-9H;;/q;2*-1;2*+1/p+2. The van der Waals surface area contributed by atoms with E-state index in [9.17, 15) is 0 Å². The number of fused-ring (bicyclic) bond motifs is 6. The van der Waals surface area contributed by atoms with E-state index in [1.165, 1.54) is 49.4 Å². The molecule has 8 aromatic carbocycles. The SMILES string of the molecule is [Au+].[Au+].[C-]#Cc1ccc2c(c1)Cc1ccccc1-2.[C-]#Cc1ccc2c(c1)oc1ccccc12.c1ccc([PH+](C[PH+](c2ccccc2)c2ccccc2)c2ccccc2)cc1. The van der Waals surface area contributed by atoms with E-state index in [1.807, 2.05) is 48.5 Å². The molecule has 1 aromatic heterocycles. The van der Waals surface area contributed by atoms with E-state index < -0.39 is 15.8 Å². The van der Waals surface area contributed by atoms with Crippen LogP contribution in [0.1, 0.15) is 22.3 Å². The Morgan fingerprint density at radius 1 is 0.407 bits per heavy atom. The molecule has 59 heavy (non-hydrogen) atoms. The first-order valence-electron chi connectivity index (χ1n) is 19.1. The van der Waals surface area contributed by atoms with Crippen LogP contribution in [0.15, 0.2) is 211 Å². The van der Waals surface area contributed by atoms with Crippen molar-refractivity contribution in [3.8, 4) is 23.0 Å². The van der Waals surface area contributed by atoms with Gasteiger partial charge in [0.1, 0.15) is 48.2 Å². The Bertz CT molecular complexity index is 2670. The van der Waals surface area contributed by atoms with E-state index in [0.29, 0.717) is 0 Å². The second-order valence-corrected chi connectivity index (χ2v) is 19.5. The van der Waals surface area contributed by atoms with Crippen LogP contribution in [-0.2, 0) is 51.2 Å². The topological polar surface area (TPSA) is 13.1 Å².